The van der Waals surface area contributed by atoms with Crippen molar-refractivity contribution in [2.45, 2.75) is 31.3 Å². The number of carbonyl (C=O) groups excluding carboxylic acids is 1. The maximum absolute atomic E-state index is 13.6. The van der Waals surface area contributed by atoms with E-state index in [1.807, 2.05) is 6.07 Å². The Hall–Kier alpha value is -1.46. The maximum Gasteiger partial charge on any atom is 0.239 e. The first kappa shape index (κ1) is 11.6. The number of amides is 1. The van der Waals surface area contributed by atoms with Crippen molar-refractivity contribution in [3.8, 4) is 0 Å². The molecule has 4 nitrogen and oxygen atoms in total. The molecular weight excluding hydrogens is 233 g/mol. The lowest BCUT2D eigenvalue weighted by Crippen LogP contribution is -2.44. The van der Waals surface area contributed by atoms with Gasteiger partial charge in [0.15, 0.2) is 0 Å². The number of halogens is 1. The summed E-state index contributed by atoms with van der Waals surface area (Å²) in [5, 5.41) is 3.00. The Morgan fingerprint density at radius 3 is 3.06 bits per heavy atom. The Kier molecular flexibility index (Phi) is 3.01. The van der Waals surface area contributed by atoms with Gasteiger partial charge in [-0.15, -0.1) is 0 Å². The summed E-state index contributed by atoms with van der Waals surface area (Å²) >= 11 is 0. The van der Waals surface area contributed by atoms with Crippen LogP contribution in [0.2, 0.25) is 0 Å². The minimum atomic E-state index is -0.178. The molecule has 2 unspecified atom stereocenters. The number of hydrogen-bond donors (Lipinski definition) is 3. The van der Waals surface area contributed by atoms with Gasteiger partial charge in [0.2, 0.25) is 5.91 Å². The van der Waals surface area contributed by atoms with Gasteiger partial charge in [0.1, 0.15) is 11.9 Å². The van der Waals surface area contributed by atoms with Crippen LogP contribution in [0.15, 0.2) is 18.2 Å². The Bertz CT molecular complexity index is 471. The summed E-state index contributed by atoms with van der Waals surface area (Å²) in [6.45, 7) is 0.800. The van der Waals surface area contributed by atoms with Crippen LogP contribution in [0.4, 0.5) is 4.39 Å². The first-order chi connectivity index (χ1) is 8.75. The van der Waals surface area contributed by atoms with Crippen LogP contribution in [-0.2, 0) is 11.2 Å². The van der Waals surface area contributed by atoms with Gasteiger partial charge in [-0.05, 0) is 36.5 Å². The summed E-state index contributed by atoms with van der Waals surface area (Å²) in [5.74, 6) is -0.174. The molecule has 1 amide bonds. The Morgan fingerprint density at radius 2 is 2.28 bits per heavy atom. The van der Waals surface area contributed by atoms with Gasteiger partial charge in [0.05, 0.1) is 6.04 Å². The third-order valence-electron chi connectivity index (χ3n) is 3.68. The molecule has 18 heavy (non-hydrogen) atoms. The summed E-state index contributed by atoms with van der Waals surface area (Å²) in [6.07, 6.45) is 2.26. The van der Waals surface area contributed by atoms with Crippen LogP contribution in [-0.4, -0.2) is 18.5 Å². The zero-order valence-electron chi connectivity index (χ0n) is 10.0. The lowest BCUT2D eigenvalue weighted by Gasteiger charge is -2.17. The molecule has 1 saturated heterocycles. The van der Waals surface area contributed by atoms with Gasteiger partial charge in [-0.3, -0.25) is 10.2 Å². The second kappa shape index (κ2) is 4.66. The van der Waals surface area contributed by atoms with Crippen molar-refractivity contribution in [1.82, 2.24) is 16.2 Å². The summed E-state index contributed by atoms with van der Waals surface area (Å²) in [7, 11) is 0. The summed E-state index contributed by atoms with van der Waals surface area (Å²) in [5.41, 5.74) is 7.54. The van der Waals surface area contributed by atoms with Gasteiger partial charge in [0.25, 0.3) is 0 Å². The molecule has 1 aromatic rings. The third-order valence-corrected chi connectivity index (χ3v) is 3.68. The number of nitrogens with one attached hydrogen (secondary N) is 3. The molecule has 3 N–H and O–H groups in total. The molecule has 3 rings (SSSR count). The largest absolute Gasteiger partial charge is 0.348 e. The predicted molar refractivity (Wildman–Crippen MR) is 65.1 cm³/mol. The van der Waals surface area contributed by atoms with E-state index in [1.165, 1.54) is 6.07 Å². The fourth-order valence-corrected chi connectivity index (χ4v) is 2.71. The van der Waals surface area contributed by atoms with Crippen molar-refractivity contribution in [3.05, 3.63) is 35.1 Å². The first-order valence-electron chi connectivity index (χ1n) is 6.32. The van der Waals surface area contributed by atoms with E-state index in [2.05, 4.69) is 16.2 Å². The highest BCUT2D eigenvalue weighted by Gasteiger charge is 2.29. The zero-order valence-corrected chi connectivity index (χ0v) is 10.0. The van der Waals surface area contributed by atoms with Crippen LogP contribution >= 0.6 is 0 Å². The van der Waals surface area contributed by atoms with Crippen LogP contribution in [0.5, 0.6) is 0 Å². The van der Waals surface area contributed by atoms with Crippen LogP contribution < -0.4 is 16.2 Å². The van der Waals surface area contributed by atoms with E-state index < -0.39 is 0 Å². The Morgan fingerprint density at radius 1 is 1.39 bits per heavy atom. The Labute approximate surface area is 105 Å². The minimum absolute atomic E-state index is 0.0119. The van der Waals surface area contributed by atoms with Crippen LogP contribution in [0.25, 0.3) is 0 Å². The van der Waals surface area contributed by atoms with Gasteiger partial charge in [-0.2, -0.15) is 0 Å². The average molecular weight is 249 g/mol. The molecule has 0 bridgehead atoms. The smallest absolute Gasteiger partial charge is 0.239 e. The molecule has 0 spiro atoms. The lowest BCUT2D eigenvalue weighted by atomic mass is 10.1. The van der Waals surface area contributed by atoms with Crippen molar-refractivity contribution in [1.29, 1.82) is 0 Å². The standard InChI is InChI=1S/C13H16FN3O/c14-10-3-1-2-9-8(10)4-5-11(9)16-13(18)12-6-7-15-17-12/h1-3,11-12,15,17H,4-7H2,(H,16,18). The number of hydrogen-bond acceptors (Lipinski definition) is 3. The average Bonchev–Trinajstić information content (AvgIpc) is 2.99. The van der Waals surface area contributed by atoms with Gasteiger partial charge in [-0.25, -0.2) is 9.82 Å². The number of hydrazine groups is 1. The number of rotatable bonds is 2. The highest BCUT2D eigenvalue weighted by atomic mass is 19.1. The fourth-order valence-electron chi connectivity index (χ4n) is 2.71. The van der Waals surface area contributed by atoms with Crippen molar-refractivity contribution in [2.24, 2.45) is 0 Å². The molecule has 1 aromatic carbocycles. The topological polar surface area (TPSA) is 53.2 Å². The molecule has 96 valence electrons. The molecule has 2 atom stereocenters. The van der Waals surface area contributed by atoms with Gasteiger partial charge < -0.3 is 5.32 Å². The fraction of sp³-hybridized carbons (Fsp3) is 0.462. The predicted octanol–water partition coefficient (Wildman–Crippen LogP) is 0.796. The number of fused-ring (bicyclic) bond motifs is 1. The molecule has 5 heteroatoms. The molecular formula is C13H16FN3O. The zero-order chi connectivity index (χ0) is 12.5. The number of carbonyl (C=O) groups is 1. The molecule has 1 aliphatic carbocycles. The highest BCUT2D eigenvalue weighted by molar-refractivity contribution is 5.82. The van der Waals surface area contributed by atoms with Crippen molar-refractivity contribution in [2.75, 3.05) is 6.54 Å². The van der Waals surface area contributed by atoms with Gasteiger partial charge >= 0.3 is 0 Å². The summed E-state index contributed by atoms with van der Waals surface area (Å²) in [4.78, 5) is 12.0. The third kappa shape index (κ3) is 2.00. The van der Waals surface area contributed by atoms with E-state index in [1.54, 1.807) is 6.07 Å². The monoisotopic (exact) mass is 249 g/mol. The van der Waals surface area contributed by atoms with Gasteiger partial charge in [0, 0.05) is 6.54 Å². The highest BCUT2D eigenvalue weighted by Crippen LogP contribution is 2.32. The van der Waals surface area contributed by atoms with E-state index in [0.29, 0.717) is 6.42 Å². The van der Waals surface area contributed by atoms with Crippen LogP contribution in [0.3, 0.4) is 0 Å². The minimum Gasteiger partial charge on any atom is -0.348 e. The first-order valence-corrected chi connectivity index (χ1v) is 6.32. The number of benzene rings is 1. The normalized spacial score (nSPS) is 26.1. The molecule has 0 radical (unpaired) electrons. The molecule has 0 saturated carbocycles. The molecule has 1 aliphatic heterocycles. The molecule has 0 aromatic heterocycles. The van der Waals surface area contributed by atoms with Crippen molar-refractivity contribution < 1.29 is 9.18 Å². The maximum atomic E-state index is 13.6. The molecule has 1 heterocycles. The van der Waals surface area contributed by atoms with Crippen LogP contribution in [0, 0.1) is 5.82 Å². The summed E-state index contributed by atoms with van der Waals surface area (Å²) in [6, 6.07) is 4.85. The van der Waals surface area contributed by atoms with Crippen LogP contribution in [0.1, 0.15) is 30.0 Å². The van der Waals surface area contributed by atoms with E-state index in [9.17, 15) is 9.18 Å². The Balaban J connectivity index is 1.72. The molecule has 2 aliphatic rings. The van der Waals surface area contributed by atoms with Crippen molar-refractivity contribution in [3.63, 3.8) is 0 Å². The second-order valence-electron chi connectivity index (χ2n) is 4.82. The van der Waals surface area contributed by atoms with E-state index >= 15 is 0 Å². The lowest BCUT2D eigenvalue weighted by molar-refractivity contribution is -0.123. The van der Waals surface area contributed by atoms with Crippen molar-refractivity contribution >= 4 is 5.91 Å². The van der Waals surface area contributed by atoms with E-state index in [0.717, 1.165) is 30.5 Å². The van der Waals surface area contributed by atoms with E-state index in [-0.39, 0.29) is 23.8 Å². The second-order valence-corrected chi connectivity index (χ2v) is 4.82. The van der Waals surface area contributed by atoms with E-state index in [4.69, 9.17) is 0 Å². The SMILES string of the molecule is O=C(NC1CCc2c(F)cccc21)C1CCNN1. The summed E-state index contributed by atoms with van der Waals surface area (Å²) < 4.78 is 13.6. The quantitative estimate of drug-likeness (QED) is 0.726. The van der Waals surface area contributed by atoms with Gasteiger partial charge in [-0.1, -0.05) is 12.1 Å². The molecule has 1 fully saturated rings.